The largest absolute Gasteiger partial charge is 0.467 e. The summed E-state index contributed by atoms with van der Waals surface area (Å²) < 4.78 is 4.78. The van der Waals surface area contributed by atoms with Gasteiger partial charge in [-0.15, -0.1) is 0 Å². The summed E-state index contributed by atoms with van der Waals surface area (Å²) in [6.45, 7) is 6.21. The smallest absolute Gasteiger partial charge is 0.328 e. The van der Waals surface area contributed by atoms with Crippen LogP contribution in [0.4, 0.5) is 0 Å². The Morgan fingerprint density at radius 2 is 1.82 bits per heavy atom. The fraction of sp³-hybridized carbons (Fsp3) is 0.529. The summed E-state index contributed by atoms with van der Waals surface area (Å²) in [5, 5.41) is 9.78. The fourth-order valence-electron chi connectivity index (χ4n) is 2.89. The van der Waals surface area contributed by atoms with Crippen molar-refractivity contribution in [2.45, 2.75) is 45.8 Å². The second kappa shape index (κ2) is 6.48. The molecule has 1 aromatic rings. The van der Waals surface area contributed by atoms with E-state index in [1.807, 2.05) is 32.9 Å². The number of carbonyl (C=O) groups is 2. The zero-order chi connectivity index (χ0) is 16.4. The number of aliphatic hydroxyl groups is 1. The maximum Gasteiger partial charge on any atom is 0.328 e. The van der Waals surface area contributed by atoms with Gasteiger partial charge in [-0.05, 0) is 49.9 Å². The van der Waals surface area contributed by atoms with E-state index < -0.39 is 18.1 Å². The van der Waals surface area contributed by atoms with Gasteiger partial charge in [0.2, 0.25) is 0 Å². The van der Waals surface area contributed by atoms with E-state index in [9.17, 15) is 14.7 Å². The highest BCUT2D eigenvalue weighted by molar-refractivity contribution is 5.98. The first kappa shape index (κ1) is 16.5. The third kappa shape index (κ3) is 3.14. The number of esters is 1. The Morgan fingerprint density at radius 1 is 1.18 bits per heavy atom. The summed E-state index contributed by atoms with van der Waals surface area (Å²) >= 11 is 0. The number of rotatable bonds is 2. The minimum atomic E-state index is -0.720. The number of amides is 1. The molecule has 5 nitrogen and oxygen atoms in total. The SMILES string of the molecule is COC(=O)[C@@H]1C[C@H](O)CCN1C(=O)c1cc(C)c(C)cc1C. The number of ether oxygens (including phenoxy) is 1. The Hall–Kier alpha value is -1.88. The topological polar surface area (TPSA) is 66.8 Å². The first-order valence-corrected chi connectivity index (χ1v) is 7.49. The van der Waals surface area contributed by atoms with Crippen LogP contribution in [0.15, 0.2) is 12.1 Å². The molecule has 1 amide bonds. The van der Waals surface area contributed by atoms with Gasteiger partial charge in [0.1, 0.15) is 6.04 Å². The van der Waals surface area contributed by atoms with E-state index in [2.05, 4.69) is 0 Å². The quantitative estimate of drug-likeness (QED) is 0.845. The summed E-state index contributed by atoms with van der Waals surface area (Å²) in [6.07, 6.45) is 0.125. The van der Waals surface area contributed by atoms with Crippen LogP contribution in [0.3, 0.4) is 0 Å². The van der Waals surface area contributed by atoms with Crippen molar-refractivity contribution in [2.24, 2.45) is 0 Å². The summed E-state index contributed by atoms with van der Waals surface area (Å²) in [6, 6.07) is 3.13. The molecular weight excluding hydrogens is 282 g/mol. The highest BCUT2D eigenvalue weighted by Gasteiger charge is 2.37. The van der Waals surface area contributed by atoms with Crippen molar-refractivity contribution in [3.8, 4) is 0 Å². The maximum absolute atomic E-state index is 12.9. The molecule has 0 aromatic heterocycles. The minimum absolute atomic E-state index is 0.178. The molecule has 1 aliphatic rings. The number of methoxy groups -OCH3 is 1. The summed E-state index contributed by atoms with van der Waals surface area (Å²) in [4.78, 5) is 26.3. The molecule has 1 heterocycles. The van der Waals surface area contributed by atoms with Crippen LogP contribution in [-0.2, 0) is 9.53 Å². The van der Waals surface area contributed by atoms with E-state index >= 15 is 0 Å². The lowest BCUT2D eigenvalue weighted by atomic mass is 9.95. The molecule has 0 bridgehead atoms. The molecule has 2 atom stereocenters. The van der Waals surface area contributed by atoms with Crippen LogP contribution >= 0.6 is 0 Å². The third-order valence-corrected chi connectivity index (χ3v) is 4.38. The summed E-state index contributed by atoms with van der Waals surface area (Å²) in [5.74, 6) is -0.656. The Morgan fingerprint density at radius 3 is 2.45 bits per heavy atom. The van der Waals surface area contributed by atoms with Crippen LogP contribution < -0.4 is 0 Å². The predicted octanol–water partition coefficient (Wildman–Crippen LogP) is 1.75. The standard InChI is InChI=1S/C17H23NO4/c1-10-7-12(3)14(8-11(10)2)16(20)18-6-5-13(19)9-15(18)17(21)22-4/h7-8,13,15,19H,5-6,9H2,1-4H3/t13-,15+/m1/s1. The van der Waals surface area contributed by atoms with E-state index in [1.54, 1.807) is 0 Å². The molecule has 120 valence electrons. The highest BCUT2D eigenvalue weighted by Crippen LogP contribution is 2.24. The van der Waals surface area contributed by atoms with Gasteiger partial charge in [0, 0.05) is 18.5 Å². The van der Waals surface area contributed by atoms with Crippen LogP contribution in [0, 0.1) is 20.8 Å². The van der Waals surface area contributed by atoms with Gasteiger partial charge in [0.25, 0.3) is 5.91 Å². The molecule has 1 saturated heterocycles. The number of aryl methyl sites for hydroxylation is 3. The first-order valence-electron chi connectivity index (χ1n) is 7.49. The van der Waals surface area contributed by atoms with Crippen LogP contribution in [0.1, 0.15) is 39.9 Å². The average Bonchev–Trinajstić information content (AvgIpc) is 2.49. The van der Waals surface area contributed by atoms with Gasteiger partial charge >= 0.3 is 5.97 Å². The minimum Gasteiger partial charge on any atom is -0.467 e. The monoisotopic (exact) mass is 305 g/mol. The van der Waals surface area contributed by atoms with Crippen LogP contribution in [0.2, 0.25) is 0 Å². The van der Waals surface area contributed by atoms with Crippen LogP contribution in [0.5, 0.6) is 0 Å². The van der Waals surface area contributed by atoms with Crippen molar-refractivity contribution >= 4 is 11.9 Å². The number of carbonyl (C=O) groups excluding carboxylic acids is 2. The number of benzene rings is 1. The second-order valence-corrected chi connectivity index (χ2v) is 5.97. The van der Waals surface area contributed by atoms with E-state index in [4.69, 9.17) is 4.74 Å². The Labute approximate surface area is 130 Å². The molecule has 1 fully saturated rings. The lowest BCUT2D eigenvalue weighted by Crippen LogP contribution is -2.51. The average molecular weight is 305 g/mol. The molecule has 2 rings (SSSR count). The first-order chi connectivity index (χ1) is 10.3. The van der Waals surface area contributed by atoms with Crippen molar-refractivity contribution in [3.63, 3.8) is 0 Å². The summed E-state index contributed by atoms with van der Waals surface area (Å²) in [7, 11) is 1.30. The molecule has 1 N–H and O–H groups in total. The molecule has 0 aliphatic carbocycles. The maximum atomic E-state index is 12.9. The van der Waals surface area contributed by atoms with E-state index in [0.717, 1.165) is 16.7 Å². The predicted molar refractivity (Wildman–Crippen MR) is 82.7 cm³/mol. The molecular formula is C17H23NO4. The number of aliphatic hydroxyl groups excluding tert-OH is 1. The third-order valence-electron chi connectivity index (χ3n) is 4.38. The number of hydrogen-bond donors (Lipinski definition) is 1. The van der Waals surface area contributed by atoms with E-state index in [0.29, 0.717) is 18.5 Å². The van der Waals surface area contributed by atoms with Gasteiger partial charge < -0.3 is 14.7 Å². The molecule has 0 saturated carbocycles. The molecule has 1 aliphatic heterocycles. The number of piperidine rings is 1. The number of likely N-dealkylation sites (tertiary alicyclic amines) is 1. The van der Waals surface area contributed by atoms with Crippen molar-refractivity contribution < 1.29 is 19.4 Å². The van der Waals surface area contributed by atoms with Crippen LogP contribution in [-0.4, -0.2) is 47.7 Å². The van der Waals surface area contributed by atoms with Crippen LogP contribution in [0.25, 0.3) is 0 Å². The second-order valence-electron chi connectivity index (χ2n) is 5.97. The summed E-state index contributed by atoms with van der Waals surface area (Å²) in [5.41, 5.74) is 3.67. The van der Waals surface area contributed by atoms with Crippen molar-refractivity contribution in [1.82, 2.24) is 4.90 Å². The lowest BCUT2D eigenvalue weighted by Gasteiger charge is -2.36. The van der Waals surface area contributed by atoms with Crippen molar-refractivity contribution in [3.05, 3.63) is 34.4 Å². The molecule has 0 spiro atoms. The normalized spacial score (nSPS) is 21.6. The molecule has 0 unspecified atom stereocenters. The van der Waals surface area contributed by atoms with Gasteiger partial charge in [-0.25, -0.2) is 4.79 Å². The van der Waals surface area contributed by atoms with Gasteiger partial charge in [-0.1, -0.05) is 6.07 Å². The van der Waals surface area contributed by atoms with Gasteiger partial charge in [0.05, 0.1) is 13.2 Å². The Bertz CT molecular complexity index is 597. The lowest BCUT2D eigenvalue weighted by molar-refractivity contribution is -0.148. The number of hydrogen-bond acceptors (Lipinski definition) is 4. The van der Waals surface area contributed by atoms with E-state index in [1.165, 1.54) is 12.0 Å². The van der Waals surface area contributed by atoms with Gasteiger partial charge in [-0.3, -0.25) is 4.79 Å². The molecule has 0 radical (unpaired) electrons. The molecule has 22 heavy (non-hydrogen) atoms. The fourth-order valence-corrected chi connectivity index (χ4v) is 2.89. The highest BCUT2D eigenvalue weighted by atomic mass is 16.5. The Kier molecular flexibility index (Phi) is 4.86. The van der Waals surface area contributed by atoms with E-state index in [-0.39, 0.29) is 12.3 Å². The van der Waals surface area contributed by atoms with Crippen molar-refractivity contribution in [2.75, 3.05) is 13.7 Å². The zero-order valence-corrected chi connectivity index (χ0v) is 13.5. The number of nitrogens with zero attached hydrogens (tertiary/aromatic N) is 1. The Balaban J connectivity index is 2.34. The van der Waals surface area contributed by atoms with Gasteiger partial charge in [-0.2, -0.15) is 0 Å². The molecule has 5 heteroatoms. The zero-order valence-electron chi connectivity index (χ0n) is 13.5. The van der Waals surface area contributed by atoms with Gasteiger partial charge in [0.15, 0.2) is 0 Å². The van der Waals surface area contributed by atoms with Crippen molar-refractivity contribution in [1.29, 1.82) is 0 Å². The molecule has 1 aromatic carbocycles.